The number of carbonyl (C=O) groups is 1. The fourth-order valence-corrected chi connectivity index (χ4v) is 5.81. The van der Waals surface area contributed by atoms with Gasteiger partial charge in [-0.15, -0.1) is 11.3 Å². The summed E-state index contributed by atoms with van der Waals surface area (Å²) in [6.07, 6.45) is 0. The van der Waals surface area contributed by atoms with Crippen LogP contribution in [0.15, 0.2) is 46.7 Å². The molecule has 0 aliphatic carbocycles. The zero-order chi connectivity index (χ0) is 20.9. The molecule has 1 fully saturated rings. The molecule has 1 aromatic heterocycles. The maximum Gasteiger partial charge on any atom is 0.252 e. The number of thiophene rings is 1. The van der Waals surface area contributed by atoms with Crippen molar-refractivity contribution in [2.24, 2.45) is 0 Å². The third-order valence-corrected chi connectivity index (χ3v) is 8.22. The molecule has 0 unspecified atom stereocenters. The van der Waals surface area contributed by atoms with Gasteiger partial charge in [0, 0.05) is 39.8 Å². The Kier molecular flexibility index (Phi) is 7.53. The van der Waals surface area contributed by atoms with Crippen molar-refractivity contribution in [1.29, 1.82) is 0 Å². The molecule has 0 N–H and O–H groups in total. The number of ether oxygens (including phenoxy) is 1. The second-order valence-corrected chi connectivity index (χ2v) is 10.7. The lowest BCUT2D eigenvalue weighted by Gasteiger charge is -2.35. The van der Waals surface area contributed by atoms with Crippen molar-refractivity contribution in [2.75, 3.05) is 52.9 Å². The Labute approximate surface area is 180 Å². The summed E-state index contributed by atoms with van der Waals surface area (Å²) in [7, 11) is -2.29. The predicted octanol–water partition coefficient (Wildman–Crippen LogP) is 2.25. The summed E-state index contributed by atoms with van der Waals surface area (Å²) < 4.78 is 32.4. The summed E-state index contributed by atoms with van der Waals surface area (Å²) >= 11 is 6.81. The minimum absolute atomic E-state index is 0.140. The van der Waals surface area contributed by atoms with Crippen LogP contribution in [0.3, 0.4) is 0 Å². The van der Waals surface area contributed by atoms with Gasteiger partial charge in [-0.1, -0.05) is 29.8 Å². The molecule has 1 aliphatic heterocycles. The molecule has 0 radical (unpaired) electrons. The van der Waals surface area contributed by atoms with E-state index in [2.05, 4.69) is 4.90 Å². The van der Waals surface area contributed by atoms with Gasteiger partial charge in [-0.2, -0.15) is 4.31 Å². The molecule has 1 aliphatic rings. The molecule has 158 valence electrons. The summed E-state index contributed by atoms with van der Waals surface area (Å²) in [5.74, 6) is 0.650. The number of amides is 1. The summed E-state index contributed by atoms with van der Waals surface area (Å²) in [4.78, 5) is 16.5. The van der Waals surface area contributed by atoms with Gasteiger partial charge in [-0.25, -0.2) is 8.42 Å². The molecular weight excluding hydrogens is 434 g/mol. The highest BCUT2D eigenvalue weighted by Crippen LogP contribution is 2.27. The van der Waals surface area contributed by atoms with Crippen molar-refractivity contribution in [3.05, 3.63) is 46.8 Å². The Bertz CT molecular complexity index is 913. The molecule has 1 saturated heterocycles. The van der Waals surface area contributed by atoms with Crippen molar-refractivity contribution in [2.45, 2.75) is 4.21 Å². The van der Waals surface area contributed by atoms with Gasteiger partial charge in [-0.3, -0.25) is 9.69 Å². The number of rotatable bonds is 8. The first-order valence-corrected chi connectivity index (χ1v) is 11.9. The minimum Gasteiger partial charge on any atom is -0.492 e. The predicted molar refractivity (Wildman–Crippen MR) is 114 cm³/mol. The van der Waals surface area contributed by atoms with E-state index in [0.29, 0.717) is 24.0 Å². The van der Waals surface area contributed by atoms with Crippen LogP contribution in [0.25, 0.3) is 0 Å². The number of hydrogen-bond donors (Lipinski definition) is 0. The van der Waals surface area contributed by atoms with Crippen LogP contribution in [-0.2, 0) is 14.8 Å². The van der Waals surface area contributed by atoms with E-state index >= 15 is 0 Å². The maximum atomic E-state index is 12.6. The van der Waals surface area contributed by atoms with Crippen molar-refractivity contribution >= 4 is 38.9 Å². The lowest BCUT2D eigenvalue weighted by atomic mass is 10.3. The van der Waals surface area contributed by atoms with Gasteiger partial charge >= 0.3 is 0 Å². The first-order valence-electron chi connectivity index (χ1n) is 9.26. The number of piperazine rings is 1. The van der Waals surface area contributed by atoms with Gasteiger partial charge in [0.25, 0.3) is 10.0 Å². The van der Waals surface area contributed by atoms with Gasteiger partial charge in [0.2, 0.25) is 5.91 Å². The van der Waals surface area contributed by atoms with Crippen LogP contribution in [0.2, 0.25) is 4.34 Å². The Balaban J connectivity index is 1.42. The third-order valence-electron chi connectivity index (χ3n) is 4.72. The molecule has 7 nitrogen and oxygen atoms in total. The molecule has 10 heteroatoms. The van der Waals surface area contributed by atoms with Gasteiger partial charge in [-0.05, 0) is 24.3 Å². The highest BCUT2D eigenvalue weighted by Gasteiger charge is 2.28. The van der Waals surface area contributed by atoms with Crippen LogP contribution in [0.1, 0.15) is 0 Å². The van der Waals surface area contributed by atoms with E-state index in [1.807, 2.05) is 30.3 Å². The standard InChI is InChI=1S/C19H24ClN3O4S2/c1-21(29(25,26)19-8-7-17(20)28-19)15-18(24)23-11-9-22(10-12-23)13-14-27-16-5-3-2-4-6-16/h2-8H,9-15H2,1H3. The molecule has 3 rings (SSSR count). The summed E-state index contributed by atoms with van der Waals surface area (Å²) in [6.45, 7) is 3.80. The molecule has 0 spiro atoms. The summed E-state index contributed by atoms with van der Waals surface area (Å²) in [5, 5.41) is 0. The molecule has 2 heterocycles. The van der Waals surface area contributed by atoms with E-state index in [9.17, 15) is 13.2 Å². The highest BCUT2D eigenvalue weighted by atomic mass is 35.5. The largest absolute Gasteiger partial charge is 0.492 e. The number of halogens is 1. The smallest absolute Gasteiger partial charge is 0.252 e. The van der Waals surface area contributed by atoms with Crippen LogP contribution in [-0.4, -0.2) is 81.4 Å². The molecule has 1 aromatic carbocycles. The van der Waals surface area contributed by atoms with E-state index in [4.69, 9.17) is 16.3 Å². The third kappa shape index (κ3) is 5.93. The number of sulfonamides is 1. The summed E-state index contributed by atoms with van der Waals surface area (Å²) in [6, 6.07) is 12.7. The van der Waals surface area contributed by atoms with Gasteiger partial charge in [0.15, 0.2) is 0 Å². The first-order chi connectivity index (χ1) is 13.9. The monoisotopic (exact) mass is 457 g/mol. The van der Waals surface area contributed by atoms with E-state index in [-0.39, 0.29) is 16.7 Å². The lowest BCUT2D eigenvalue weighted by Crippen LogP contribution is -2.51. The highest BCUT2D eigenvalue weighted by molar-refractivity contribution is 7.91. The molecule has 1 amide bonds. The van der Waals surface area contributed by atoms with Gasteiger partial charge < -0.3 is 9.64 Å². The molecule has 29 heavy (non-hydrogen) atoms. The maximum absolute atomic E-state index is 12.6. The summed E-state index contributed by atoms with van der Waals surface area (Å²) in [5.41, 5.74) is 0. The fourth-order valence-electron chi connectivity index (χ4n) is 3.00. The van der Waals surface area contributed by atoms with Crippen molar-refractivity contribution in [3.63, 3.8) is 0 Å². The molecule has 0 saturated carbocycles. The molecule has 0 bridgehead atoms. The minimum atomic E-state index is -3.71. The Morgan fingerprint density at radius 1 is 1.14 bits per heavy atom. The van der Waals surface area contributed by atoms with E-state index in [1.54, 1.807) is 4.90 Å². The van der Waals surface area contributed by atoms with Crippen molar-refractivity contribution in [1.82, 2.24) is 14.1 Å². The topological polar surface area (TPSA) is 70.2 Å². The van der Waals surface area contributed by atoms with Crippen LogP contribution in [0.5, 0.6) is 5.75 Å². The average molecular weight is 458 g/mol. The Morgan fingerprint density at radius 2 is 1.83 bits per heavy atom. The lowest BCUT2D eigenvalue weighted by molar-refractivity contribution is -0.133. The fraction of sp³-hybridized carbons (Fsp3) is 0.421. The molecular formula is C19H24ClN3O4S2. The SMILES string of the molecule is CN(CC(=O)N1CCN(CCOc2ccccc2)CC1)S(=O)(=O)c1ccc(Cl)s1. The molecule has 2 aromatic rings. The number of nitrogens with zero attached hydrogens (tertiary/aromatic N) is 3. The number of likely N-dealkylation sites (N-methyl/N-ethyl adjacent to an activating group) is 1. The van der Waals surface area contributed by atoms with E-state index < -0.39 is 10.0 Å². The number of carbonyl (C=O) groups excluding carboxylic acids is 1. The van der Waals surface area contributed by atoms with Crippen LogP contribution in [0, 0.1) is 0 Å². The quantitative estimate of drug-likeness (QED) is 0.608. The Morgan fingerprint density at radius 3 is 2.45 bits per heavy atom. The van der Waals surface area contributed by atoms with E-state index in [0.717, 1.165) is 41.0 Å². The van der Waals surface area contributed by atoms with E-state index in [1.165, 1.54) is 19.2 Å². The second-order valence-electron chi connectivity index (χ2n) is 6.70. The van der Waals surface area contributed by atoms with Crippen LogP contribution >= 0.6 is 22.9 Å². The van der Waals surface area contributed by atoms with Crippen LogP contribution in [0.4, 0.5) is 0 Å². The van der Waals surface area contributed by atoms with Gasteiger partial charge in [0.05, 0.1) is 10.9 Å². The number of benzene rings is 1. The van der Waals surface area contributed by atoms with Gasteiger partial charge in [0.1, 0.15) is 16.6 Å². The first kappa shape index (κ1) is 22.0. The number of para-hydroxylation sites is 1. The number of hydrogen-bond acceptors (Lipinski definition) is 6. The van der Waals surface area contributed by atoms with Crippen LogP contribution < -0.4 is 4.74 Å². The zero-order valence-electron chi connectivity index (χ0n) is 16.2. The van der Waals surface area contributed by atoms with Crippen molar-refractivity contribution < 1.29 is 17.9 Å². The van der Waals surface area contributed by atoms with Crippen molar-refractivity contribution in [3.8, 4) is 5.75 Å². The average Bonchev–Trinajstić information content (AvgIpc) is 3.16. The Hall–Kier alpha value is -1.65. The molecule has 0 atom stereocenters. The normalized spacial score (nSPS) is 15.6. The zero-order valence-corrected chi connectivity index (χ0v) is 18.5. The second kappa shape index (κ2) is 9.90.